The number of amides is 2. The highest BCUT2D eigenvalue weighted by Crippen LogP contribution is 2.24. The predicted octanol–water partition coefficient (Wildman–Crippen LogP) is 0.642. The molecule has 6 nitrogen and oxygen atoms in total. The lowest BCUT2D eigenvalue weighted by Gasteiger charge is -2.22. The Morgan fingerprint density at radius 3 is 2.95 bits per heavy atom. The van der Waals surface area contributed by atoms with E-state index in [9.17, 15) is 9.59 Å². The van der Waals surface area contributed by atoms with Gasteiger partial charge in [0.25, 0.3) is 5.91 Å². The molecule has 2 rings (SSSR count). The van der Waals surface area contributed by atoms with E-state index in [1.165, 1.54) is 12.5 Å². The molecule has 0 radical (unpaired) electrons. The van der Waals surface area contributed by atoms with Crippen molar-refractivity contribution in [1.82, 2.24) is 10.6 Å². The maximum absolute atomic E-state index is 12.1. The molecule has 4 N–H and O–H groups in total. The molecule has 1 heterocycles. The predicted molar refractivity (Wildman–Crippen MR) is 74.0 cm³/mol. The highest BCUT2D eigenvalue weighted by atomic mass is 16.3. The quantitative estimate of drug-likeness (QED) is 0.737. The van der Waals surface area contributed by atoms with Crippen molar-refractivity contribution in [2.24, 2.45) is 11.7 Å². The Labute approximate surface area is 118 Å². The molecule has 0 bridgehead atoms. The van der Waals surface area contributed by atoms with Crippen molar-refractivity contribution >= 4 is 11.8 Å². The zero-order valence-corrected chi connectivity index (χ0v) is 11.6. The summed E-state index contributed by atoms with van der Waals surface area (Å²) in [6.45, 7) is 2.25. The van der Waals surface area contributed by atoms with Gasteiger partial charge in [-0.25, -0.2) is 0 Å². The Kier molecular flexibility index (Phi) is 4.79. The lowest BCUT2D eigenvalue weighted by molar-refractivity contribution is -0.123. The third-order valence-corrected chi connectivity index (χ3v) is 3.81. The molecule has 3 unspecified atom stereocenters. The minimum absolute atomic E-state index is 0.126. The minimum Gasteiger partial charge on any atom is -0.472 e. The average molecular weight is 279 g/mol. The molecular weight excluding hydrogens is 258 g/mol. The number of hydrogen-bond donors (Lipinski definition) is 3. The van der Waals surface area contributed by atoms with Crippen molar-refractivity contribution in [3.05, 3.63) is 24.2 Å². The standard InChI is InChI=1S/C14H21N3O3/c1-9(16-14(19)11-5-6-20-8-11)13(18)17-12-4-2-3-10(12)7-15/h5-6,8-10,12H,2-4,7,15H2,1H3,(H,16,19)(H,17,18). The van der Waals surface area contributed by atoms with Crippen LogP contribution in [0.25, 0.3) is 0 Å². The molecule has 0 saturated heterocycles. The third kappa shape index (κ3) is 3.39. The van der Waals surface area contributed by atoms with E-state index in [4.69, 9.17) is 10.2 Å². The van der Waals surface area contributed by atoms with Crippen LogP contribution in [0.5, 0.6) is 0 Å². The smallest absolute Gasteiger partial charge is 0.255 e. The summed E-state index contributed by atoms with van der Waals surface area (Å²) in [4.78, 5) is 23.9. The Morgan fingerprint density at radius 2 is 2.30 bits per heavy atom. The lowest BCUT2D eigenvalue weighted by atomic mass is 10.0. The topological polar surface area (TPSA) is 97.4 Å². The normalized spacial score (nSPS) is 23.3. The Morgan fingerprint density at radius 1 is 1.50 bits per heavy atom. The van der Waals surface area contributed by atoms with Crippen molar-refractivity contribution in [3.63, 3.8) is 0 Å². The Bertz CT molecular complexity index is 458. The fourth-order valence-corrected chi connectivity index (χ4v) is 2.56. The van der Waals surface area contributed by atoms with Crippen LogP contribution in [0.15, 0.2) is 23.0 Å². The van der Waals surface area contributed by atoms with E-state index in [0.29, 0.717) is 18.0 Å². The van der Waals surface area contributed by atoms with Crippen LogP contribution in [0.3, 0.4) is 0 Å². The summed E-state index contributed by atoms with van der Waals surface area (Å²) in [5.41, 5.74) is 6.10. The molecule has 0 aromatic carbocycles. The van der Waals surface area contributed by atoms with Gasteiger partial charge in [-0.3, -0.25) is 9.59 Å². The van der Waals surface area contributed by atoms with Gasteiger partial charge in [0.05, 0.1) is 11.8 Å². The zero-order valence-electron chi connectivity index (χ0n) is 11.6. The first kappa shape index (κ1) is 14.6. The monoisotopic (exact) mass is 279 g/mol. The summed E-state index contributed by atoms with van der Waals surface area (Å²) in [7, 11) is 0. The van der Waals surface area contributed by atoms with Gasteiger partial charge in [0.1, 0.15) is 12.3 Å². The molecule has 1 aliphatic rings. The van der Waals surface area contributed by atoms with E-state index in [2.05, 4.69) is 10.6 Å². The first-order chi connectivity index (χ1) is 9.61. The fraction of sp³-hybridized carbons (Fsp3) is 0.571. The van der Waals surface area contributed by atoms with Gasteiger partial charge in [0.2, 0.25) is 5.91 Å². The molecular formula is C14H21N3O3. The SMILES string of the molecule is CC(NC(=O)c1ccoc1)C(=O)NC1CCCC1CN. The molecule has 110 valence electrons. The molecule has 1 aromatic rings. The molecule has 20 heavy (non-hydrogen) atoms. The number of rotatable bonds is 5. The van der Waals surface area contributed by atoms with Crippen LogP contribution in [0.2, 0.25) is 0 Å². The van der Waals surface area contributed by atoms with Gasteiger partial charge in [-0.15, -0.1) is 0 Å². The first-order valence-corrected chi connectivity index (χ1v) is 6.95. The molecule has 1 fully saturated rings. The van der Waals surface area contributed by atoms with Gasteiger partial charge in [-0.05, 0) is 38.3 Å². The van der Waals surface area contributed by atoms with Gasteiger partial charge in [-0.1, -0.05) is 6.42 Å². The number of furan rings is 1. The largest absolute Gasteiger partial charge is 0.472 e. The number of hydrogen-bond acceptors (Lipinski definition) is 4. The average Bonchev–Trinajstić information content (AvgIpc) is 3.09. The summed E-state index contributed by atoms with van der Waals surface area (Å²) < 4.78 is 4.84. The summed E-state index contributed by atoms with van der Waals surface area (Å²) in [5.74, 6) is -0.147. The minimum atomic E-state index is -0.587. The molecule has 2 amide bonds. The van der Waals surface area contributed by atoms with Crippen LogP contribution in [-0.4, -0.2) is 30.4 Å². The molecule has 0 spiro atoms. The van der Waals surface area contributed by atoms with Crippen LogP contribution in [0, 0.1) is 5.92 Å². The van der Waals surface area contributed by atoms with Crippen LogP contribution in [0.1, 0.15) is 36.5 Å². The van der Waals surface area contributed by atoms with Crippen molar-refractivity contribution in [2.45, 2.75) is 38.3 Å². The van der Waals surface area contributed by atoms with E-state index >= 15 is 0 Å². The van der Waals surface area contributed by atoms with Crippen molar-refractivity contribution in [3.8, 4) is 0 Å². The van der Waals surface area contributed by atoms with Crippen molar-refractivity contribution < 1.29 is 14.0 Å². The van der Waals surface area contributed by atoms with Gasteiger partial charge >= 0.3 is 0 Å². The molecule has 1 saturated carbocycles. The zero-order chi connectivity index (χ0) is 14.5. The van der Waals surface area contributed by atoms with Crippen LogP contribution in [-0.2, 0) is 4.79 Å². The highest BCUT2D eigenvalue weighted by Gasteiger charge is 2.29. The summed E-state index contributed by atoms with van der Waals surface area (Å²) in [5, 5.41) is 5.62. The summed E-state index contributed by atoms with van der Waals surface area (Å²) >= 11 is 0. The van der Waals surface area contributed by atoms with Crippen LogP contribution >= 0.6 is 0 Å². The maximum Gasteiger partial charge on any atom is 0.255 e. The van der Waals surface area contributed by atoms with Gasteiger partial charge in [0, 0.05) is 6.04 Å². The number of carbonyl (C=O) groups is 2. The first-order valence-electron chi connectivity index (χ1n) is 6.95. The number of nitrogens with one attached hydrogen (secondary N) is 2. The molecule has 6 heteroatoms. The van der Waals surface area contributed by atoms with Crippen molar-refractivity contribution in [1.29, 1.82) is 0 Å². The molecule has 1 aromatic heterocycles. The van der Waals surface area contributed by atoms with Gasteiger partial charge in [-0.2, -0.15) is 0 Å². The Hall–Kier alpha value is -1.82. The van der Waals surface area contributed by atoms with Crippen molar-refractivity contribution in [2.75, 3.05) is 6.54 Å². The van der Waals surface area contributed by atoms with E-state index in [0.717, 1.165) is 19.3 Å². The second-order valence-electron chi connectivity index (χ2n) is 5.25. The molecule has 1 aliphatic carbocycles. The lowest BCUT2D eigenvalue weighted by Crippen LogP contribution is -2.49. The second-order valence-corrected chi connectivity index (χ2v) is 5.25. The fourth-order valence-electron chi connectivity index (χ4n) is 2.56. The maximum atomic E-state index is 12.1. The Balaban J connectivity index is 1.84. The number of nitrogens with two attached hydrogens (primary N) is 1. The van der Waals surface area contributed by atoms with Crippen LogP contribution < -0.4 is 16.4 Å². The molecule has 0 aliphatic heterocycles. The van der Waals surface area contributed by atoms with E-state index in [-0.39, 0.29) is 17.9 Å². The van der Waals surface area contributed by atoms with Crippen LogP contribution in [0.4, 0.5) is 0 Å². The number of carbonyl (C=O) groups excluding carboxylic acids is 2. The van der Waals surface area contributed by atoms with E-state index < -0.39 is 6.04 Å². The third-order valence-electron chi connectivity index (χ3n) is 3.81. The summed E-state index contributed by atoms with van der Waals surface area (Å²) in [6.07, 6.45) is 5.86. The highest BCUT2D eigenvalue weighted by molar-refractivity contribution is 5.97. The summed E-state index contributed by atoms with van der Waals surface area (Å²) in [6, 6.07) is 1.10. The molecule has 3 atom stereocenters. The van der Waals surface area contributed by atoms with E-state index in [1.54, 1.807) is 13.0 Å². The second kappa shape index (κ2) is 6.56. The van der Waals surface area contributed by atoms with Gasteiger partial charge in [0.15, 0.2) is 0 Å². The van der Waals surface area contributed by atoms with Gasteiger partial charge < -0.3 is 20.8 Å². The van der Waals surface area contributed by atoms with E-state index in [1.807, 2.05) is 0 Å².